The van der Waals surface area contributed by atoms with E-state index in [1.54, 1.807) is 0 Å². The van der Waals surface area contributed by atoms with Gasteiger partial charge in [0.2, 0.25) is 0 Å². The van der Waals surface area contributed by atoms with E-state index >= 15 is 0 Å². The molecule has 0 radical (unpaired) electrons. The van der Waals surface area contributed by atoms with Gasteiger partial charge in [-0.2, -0.15) is 0 Å². The lowest BCUT2D eigenvalue weighted by molar-refractivity contribution is 0.675. The Balaban J connectivity index is 2.28. The first kappa shape index (κ1) is 14.5. The lowest BCUT2D eigenvalue weighted by atomic mass is 10.1. The van der Waals surface area contributed by atoms with E-state index in [2.05, 4.69) is 61.0 Å². The van der Waals surface area contributed by atoms with Crippen molar-refractivity contribution in [2.24, 2.45) is 5.73 Å². The molecule has 0 spiro atoms. The van der Waals surface area contributed by atoms with Gasteiger partial charge in [-0.05, 0) is 50.1 Å². The van der Waals surface area contributed by atoms with Gasteiger partial charge in [0.1, 0.15) is 0 Å². The highest BCUT2D eigenvalue weighted by Crippen LogP contribution is 2.26. The van der Waals surface area contributed by atoms with Crippen LogP contribution in [0.25, 0.3) is 0 Å². The summed E-state index contributed by atoms with van der Waals surface area (Å²) in [5.74, 6) is 0. The van der Waals surface area contributed by atoms with E-state index in [0.717, 1.165) is 24.3 Å². The van der Waals surface area contributed by atoms with Crippen LogP contribution in [0, 0.1) is 6.92 Å². The molecule has 1 heterocycles. The molecule has 0 saturated carbocycles. The second-order valence-corrected chi connectivity index (χ2v) is 5.04. The number of anilines is 2. The van der Waals surface area contributed by atoms with E-state index in [0.29, 0.717) is 0 Å². The van der Waals surface area contributed by atoms with E-state index in [9.17, 15) is 0 Å². The summed E-state index contributed by atoms with van der Waals surface area (Å²) in [6.07, 6.45) is 2.82. The standard InChI is InChI=1S/C17H23N3/c1-4-16(18)17-10-9-15(12-19-17)20(5-2)14-8-6-7-13(3)11-14/h6-12,16H,4-5,18H2,1-3H3/t16-/m1/s1. The molecule has 2 rings (SSSR count). The van der Waals surface area contributed by atoms with Crippen molar-refractivity contribution in [3.8, 4) is 0 Å². The first-order valence-electron chi connectivity index (χ1n) is 7.21. The summed E-state index contributed by atoms with van der Waals surface area (Å²) in [4.78, 5) is 6.75. The van der Waals surface area contributed by atoms with Gasteiger partial charge in [0, 0.05) is 18.3 Å². The summed E-state index contributed by atoms with van der Waals surface area (Å²) in [5, 5.41) is 0. The number of hydrogen-bond donors (Lipinski definition) is 1. The van der Waals surface area contributed by atoms with Crippen LogP contribution < -0.4 is 10.6 Å². The molecule has 0 aliphatic rings. The highest BCUT2D eigenvalue weighted by atomic mass is 15.1. The third-order valence-electron chi connectivity index (χ3n) is 3.53. The number of nitrogens with two attached hydrogens (primary N) is 1. The smallest absolute Gasteiger partial charge is 0.0597 e. The predicted octanol–water partition coefficient (Wildman–Crippen LogP) is 3.96. The Morgan fingerprint density at radius 1 is 1.15 bits per heavy atom. The summed E-state index contributed by atoms with van der Waals surface area (Å²) in [6, 6.07) is 12.7. The van der Waals surface area contributed by atoms with Crippen LogP contribution in [0.15, 0.2) is 42.6 Å². The Bertz CT molecular complexity index is 548. The van der Waals surface area contributed by atoms with Crippen LogP contribution in [0.2, 0.25) is 0 Å². The SMILES string of the molecule is CC[C@@H](N)c1ccc(N(CC)c2cccc(C)c2)cn1. The third kappa shape index (κ3) is 3.17. The van der Waals surface area contributed by atoms with Crippen molar-refractivity contribution in [3.05, 3.63) is 53.9 Å². The Hall–Kier alpha value is -1.87. The van der Waals surface area contributed by atoms with Crippen LogP contribution in [0.1, 0.15) is 37.6 Å². The lowest BCUT2D eigenvalue weighted by Crippen LogP contribution is -2.17. The molecule has 0 amide bonds. The van der Waals surface area contributed by atoms with Gasteiger partial charge in [-0.15, -0.1) is 0 Å². The number of nitrogens with zero attached hydrogens (tertiary/aromatic N) is 2. The van der Waals surface area contributed by atoms with E-state index in [-0.39, 0.29) is 6.04 Å². The van der Waals surface area contributed by atoms with Crippen LogP contribution in [0.5, 0.6) is 0 Å². The second kappa shape index (κ2) is 6.53. The van der Waals surface area contributed by atoms with Gasteiger partial charge in [0.15, 0.2) is 0 Å². The minimum atomic E-state index is 0.0260. The van der Waals surface area contributed by atoms with Gasteiger partial charge in [-0.1, -0.05) is 19.1 Å². The van der Waals surface area contributed by atoms with Crippen LogP contribution >= 0.6 is 0 Å². The Morgan fingerprint density at radius 3 is 2.50 bits per heavy atom. The molecule has 0 bridgehead atoms. The zero-order chi connectivity index (χ0) is 14.5. The molecule has 3 heteroatoms. The maximum Gasteiger partial charge on any atom is 0.0597 e. The number of rotatable bonds is 5. The molecule has 2 N–H and O–H groups in total. The van der Waals surface area contributed by atoms with Crippen LogP contribution in [-0.4, -0.2) is 11.5 Å². The molecule has 0 aliphatic carbocycles. The maximum atomic E-state index is 6.01. The van der Waals surface area contributed by atoms with E-state index in [1.165, 1.54) is 11.3 Å². The van der Waals surface area contributed by atoms with Crippen molar-refractivity contribution in [2.45, 2.75) is 33.2 Å². The van der Waals surface area contributed by atoms with Gasteiger partial charge in [0.25, 0.3) is 0 Å². The molecule has 1 atom stereocenters. The van der Waals surface area contributed by atoms with Crippen LogP contribution in [0.3, 0.4) is 0 Å². The van der Waals surface area contributed by atoms with Gasteiger partial charge in [-0.25, -0.2) is 0 Å². The normalized spacial score (nSPS) is 12.2. The summed E-state index contributed by atoms with van der Waals surface area (Å²) >= 11 is 0. The molecular formula is C17H23N3. The molecule has 2 aromatic rings. The first-order chi connectivity index (χ1) is 9.65. The summed E-state index contributed by atoms with van der Waals surface area (Å²) < 4.78 is 0. The number of benzene rings is 1. The Morgan fingerprint density at radius 2 is 1.95 bits per heavy atom. The monoisotopic (exact) mass is 269 g/mol. The topological polar surface area (TPSA) is 42.1 Å². The van der Waals surface area contributed by atoms with Crippen molar-refractivity contribution in [3.63, 3.8) is 0 Å². The molecular weight excluding hydrogens is 246 g/mol. The second-order valence-electron chi connectivity index (χ2n) is 5.04. The molecule has 20 heavy (non-hydrogen) atoms. The predicted molar refractivity (Wildman–Crippen MR) is 85.3 cm³/mol. The van der Waals surface area contributed by atoms with Crippen LogP contribution in [-0.2, 0) is 0 Å². The van der Waals surface area contributed by atoms with E-state index in [4.69, 9.17) is 5.73 Å². The van der Waals surface area contributed by atoms with Gasteiger partial charge >= 0.3 is 0 Å². The fourth-order valence-corrected chi connectivity index (χ4v) is 2.30. The average Bonchev–Trinajstić information content (AvgIpc) is 2.48. The van der Waals surface area contributed by atoms with Crippen LogP contribution in [0.4, 0.5) is 11.4 Å². The molecule has 0 saturated heterocycles. The number of hydrogen-bond acceptors (Lipinski definition) is 3. The van der Waals surface area contributed by atoms with Crippen molar-refractivity contribution in [1.29, 1.82) is 0 Å². The van der Waals surface area contributed by atoms with E-state index < -0.39 is 0 Å². The molecule has 0 aliphatic heterocycles. The summed E-state index contributed by atoms with van der Waals surface area (Å²) in [7, 11) is 0. The number of pyridine rings is 1. The summed E-state index contributed by atoms with van der Waals surface area (Å²) in [6.45, 7) is 7.24. The number of aromatic nitrogens is 1. The Labute approximate surface area is 121 Å². The fraction of sp³-hybridized carbons (Fsp3) is 0.353. The lowest BCUT2D eigenvalue weighted by Gasteiger charge is -2.23. The largest absolute Gasteiger partial charge is 0.341 e. The van der Waals surface area contributed by atoms with Gasteiger partial charge in [-0.3, -0.25) is 4.98 Å². The van der Waals surface area contributed by atoms with Crippen molar-refractivity contribution in [1.82, 2.24) is 4.98 Å². The number of aryl methyl sites for hydroxylation is 1. The van der Waals surface area contributed by atoms with Gasteiger partial charge in [0.05, 0.1) is 17.6 Å². The quantitative estimate of drug-likeness (QED) is 0.893. The highest BCUT2D eigenvalue weighted by molar-refractivity contribution is 5.63. The fourth-order valence-electron chi connectivity index (χ4n) is 2.30. The van der Waals surface area contributed by atoms with Crippen molar-refractivity contribution in [2.75, 3.05) is 11.4 Å². The first-order valence-corrected chi connectivity index (χ1v) is 7.21. The summed E-state index contributed by atoms with van der Waals surface area (Å²) in [5.41, 5.74) is 10.5. The average molecular weight is 269 g/mol. The molecule has 1 aromatic heterocycles. The zero-order valence-corrected chi connectivity index (χ0v) is 12.5. The molecule has 0 unspecified atom stereocenters. The minimum Gasteiger partial charge on any atom is -0.341 e. The maximum absolute atomic E-state index is 6.01. The minimum absolute atomic E-state index is 0.0260. The molecule has 0 fully saturated rings. The van der Waals surface area contributed by atoms with Crippen molar-refractivity contribution >= 4 is 11.4 Å². The Kier molecular flexibility index (Phi) is 4.74. The molecule has 1 aromatic carbocycles. The van der Waals surface area contributed by atoms with Crippen molar-refractivity contribution < 1.29 is 0 Å². The highest BCUT2D eigenvalue weighted by Gasteiger charge is 2.09. The molecule has 106 valence electrons. The molecule has 3 nitrogen and oxygen atoms in total. The van der Waals surface area contributed by atoms with Gasteiger partial charge < -0.3 is 10.6 Å². The van der Waals surface area contributed by atoms with E-state index in [1.807, 2.05) is 12.3 Å². The zero-order valence-electron chi connectivity index (χ0n) is 12.5. The third-order valence-corrected chi connectivity index (χ3v) is 3.53.